The predicted molar refractivity (Wildman–Crippen MR) is 55.0 cm³/mol. The molecule has 2 nitrogen and oxygen atoms in total. The number of thioether (sulfide) groups is 1. The molecule has 3 unspecified atom stereocenters. The molecule has 0 spiro atoms. The maximum absolute atomic E-state index is 9.64. The fourth-order valence-corrected chi connectivity index (χ4v) is 3.45. The molecular formula is C10H18O2S. The molecule has 2 saturated heterocycles. The van der Waals surface area contributed by atoms with E-state index in [1.54, 1.807) is 0 Å². The number of hydrogen-bond donors (Lipinski definition) is 1. The lowest BCUT2D eigenvalue weighted by Crippen LogP contribution is -2.27. The van der Waals surface area contributed by atoms with Crippen molar-refractivity contribution in [1.82, 2.24) is 0 Å². The molecule has 13 heavy (non-hydrogen) atoms. The van der Waals surface area contributed by atoms with Gasteiger partial charge in [0.1, 0.15) is 0 Å². The van der Waals surface area contributed by atoms with E-state index in [1.807, 2.05) is 11.8 Å². The van der Waals surface area contributed by atoms with E-state index in [0.29, 0.717) is 12.0 Å². The molecule has 0 aromatic rings. The predicted octanol–water partition coefficient (Wildman–Crippen LogP) is 1.67. The quantitative estimate of drug-likeness (QED) is 0.738. The van der Waals surface area contributed by atoms with Crippen LogP contribution in [0.15, 0.2) is 0 Å². The third kappa shape index (κ3) is 2.61. The topological polar surface area (TPSA) is 29.5 Å². The van der Waals surface area contributed by atoms with Crippen molar-refractivity contribution < 1.29 is 9.84 Å². The van der Waals surface area contributed by atoms with Crippen molar-refractivity contribution in [2.24, 2.45) is 5.92 Å². The molecule has 0 bridgehead atoms. The summed E-state index contributed by atoms with van der Waals surface area (Å²) >= 11 is 1.87. The maximum Gasteiger partial charge on any atom is 0.0667 e. The van der Waals surface area contributed by atoms with Gasteiger partial charge < -0.3 is 9.84 Å². The van der Waals surface area contributed by atoms with Crippen molar-refractivity contribution in [2.75, 3.05) is 18.1 Å². The average molecular weight is 202 g/mol. The molecule has 0 aromatic carbocycles. The molecule has 2 aliphatic heterocycles. The Bertz CT molecular complexity index is 157. The van der Waals surface area contributed by atoms with E-state index in [2.05, 4.69) is 0 Å². The molecule has 3 atom stereocenters. The summed E-state index contributed by atoms with van der Waals surface area (Å²) in [6.45, 7) is 0.931. The zero-order chi connectivity index (χ0) is 9.10. The molecule has 2 aliphatic rings. The van der Waals surface area contributed by atoms with Gasteiger partial charge >= 0.3 is 0 Å². The van der Waals surface area contributed by atoms with Crippen molar-refractivity contribution in [3.05, 3.63) is 0 Å². The monoisotopic (exact) mass is 202 g/mol. The minimum Gasteiger partial charge on any atom is -0.392 e. The third-order valence-corrected chi connectivity index (χ3v) is 4.25. The van der Waals surface area contributed by atoms with Crippen LogP contribution in [0.1, 0.15) is 25.7 Å². The number of aliphatic hydroxyl groups is 1. The minimum absolute atomic E-state index is 0.0736. The molecule has 2 heterocycles. The van der Waals surface area contributed by atoms with Crippen molar-refractivity contribution in [2.45, 2.75) is 37.9 Å². The molecule has 0 aromatic heterocycles. The number of rotatable bonds is 2. The lowest BCUT2D eigenvalue weighted by atomic mass is 9.95. The molecular weight excluding hydrogens is 184 g/mol. The zero-order valence-corrected chi connectivity index (χ0v) is 8.76. The van der Waals surface area contributed by atoms with Gasteiger partial charge in [0.05, 0.1) is 12.2 Å². The first-order chi connectivity index (χ1) is 6.36. The van der Waals surface area contributed by atoms with Gasteiger partial charge in [-0.2, -0.15) is 11.8 Å². The minimum atomic E-state index is -0.0736. The standard InChI is InChI=1S/C10H18O2S/c11-10-7-13-6-8(10)5-9-3-1-2-4-12-9/h8-11H,1-7H2. The molecule has 1 N–H and O–H groups in total. The first-order valence-corrected chi connectivity index (χ1v) is 6.39. The molecule has 76 valence electrons. The van der Waals surface area contributed by atoms with E-state index in [1.165, 1.54) is 19.3 Å². The highest BCUT2D eigenvalue weighted by atomic mass is 32.2. The van der Waals surface area contributed by atoms with Gasteiger partial charge in [-0.3, -0.25) is 0 Å². The Labute approximate surface area is 84.0 Å². The molecule has 3 heteroatoms. The van der Waals surface area contributed by atoms with Gasteiger partial charge in [-0.15, -0.1) is 0 Å². The van der Waals surface area contributed by atoms with Crippen molar-refractivity contribution in [1.29, 1.82) is 0 Å². The molecule has 0 aliphatic carbocycles. The van der Waals surface area contributed by atoms with Gasteiger partial charge in [0.25, 0.3) is 0 Å². The second-order valence-corrected chi connectivity index (χ2v) is 5.16. The SMILES string of the molecule is OC1CSCC1CC1CCCCO1. The number of ether oxygens (including phenoxy) is 1. The summed E-state index contributed by atoms with van der Waals surface area (Å²) in [7, 11) is 0. The Morgan fingerprint density at radius 2 is 2.23 bits per heavy atom. The fourth-order valence-electron chi connectivity index (χ4n) is 2.14. The highest BCUT2D eigenvalue weighted by Crippen LogP contribution is 2.30. The van der Waals surface area contributed by atoms with Crippen LogP contribution < -0.4 is 0 Å². The fraction of sp³-hybridized carbons (Fsp3) is 1.00. The van der Waals surface area contributed by atoms with Gasteiger partial charge in [0, 0.05) is 12.4 Å². The van der Waals surface area contributed by atoms with Crippen LogP contribution >= 0.6 is 11.8 Å². The van der Waals surface area contributed by atoms with E-state index in [-0.39, 0.29) is 6.10 Å². The number of hydrogen-bond acceptors (Lipinski definition) is 3. The normalized spacial score (nSPS) is 40.8. The summed E-state index contributed by atoms with van der Waals surface area (Å²) in [5.74, 6) is 2.55. The number of aliphatic hydroxyl groups excluding tert-OH is 1. The maximum atomic E-state index is 9.64. The second kappa shape index (κ2) is 4.67. The summed E-state index contributed by atoms with van der Waals surface area (Å²) in [5, 5.41) is 9.64. The van der Waals surface area contributed by atoms with Crippen molar-refractivity contribution >= 4 is 11.8 Å². The van der Waals surface area contributed by atoms with E-state index in [4.69, 9.17) is 4.74 Å². The van der Waals surface area contributed by atoms with Crippen molar-refractivity contribution in [3.8, 4) is 0 Å². The molecule has 2 fully saturated rings. The molecule has 2 rings (SSSR count). The Morgan fingerprint density at radius 3 is 2.85 bits per heavy atom. The smallest absolute Gasteiger partial charge is 0.0667 e. The highest BCUT2D eigenvalue weighted by molar-refractivity contribution is 7.99. The van der Waals surface area contributed by atoms with Crippen LogP contribution in [0.3, 0.4) is 0 Å². The third-order valence-electron chi connectivity index (χ3n) is 3.00. The van der Waals surface area contributed by atoms with E-state index in [0.717, 1.165) is 24.5 Å². The Balaban J connectivity index is 1.75. The van der Waals surface area contributed by atoms with Crippen LogP contribution in [-0.4, -0.2) is 35.4 Å². The van der Waals surface area contributed by atoms with Crippen LogP contribution in [-0.2, 0) is 4.74 Å². The average Bonchev–Trinajstić information content (AvgIpc) is 2.54. The lowest BCUT2D eigenvalue weighted by Gasteiger charge is -2.26. The summed E-state index contributed by atoms with van der Waals surface area (Å²) in [6.07, 6.45) is 5.17. The summed E-state index contributed by atoms with van der Waals surface area (Å²) < 4.78 is 5.67. The Kier molecular flexibility index (Phi) is 3.52. The Hall–Kier alpha value is 0.270. The van der Waals surface area contributed by atoms with Gasteiger partial charge in [-0.05, 0) is 37.4 Å². The van der Waals surface area contributed by atoms with Crippen LogP contribution in [0.2, 0.25) is 0 Å². The van der Waals surface area contributed by atoms with Crippen molar-refractivity contribution in [3.63, 3.8) is 0 Å². The van der Waals surface area contributed by atoms with Crippen LogP contribution in [0.5, 0.6) is 0 Å². The van der Waals surface area contributed by atoms with E-state index < -0.39 is 0 Å². The molecule has 0 saturated carbocycles. The van der Waals surface area contributed by atoms with Gasteiger partial charge in [0.2, 0.25) is 0 Å². The summed E-state index contributed by atoms with van der Waals surface area (Å²) in [5.41, 5.74) is 0. The van der Waals surface area contributed by atoms with Crippen LogP contribution in [0, 0.1) is 5.92 Å². The van der Waals surface area contributed by atoms with E-state index in [9.17, 15) is 5.11 Å². The lowest BCUT2D eigenvalue weighted by molar-refractivity contribution is -0.00794. The van der Waals surface area contributed by atoms with Gasteiger partial charge in [-0.1, -0.05) is 0 Å². The van der Waals surface area contributed by atoms with Crippen LogP contribution in [0.25, 0.3) is 0 Å². The molecule has 0 radical (unpaired) electrons. The first-order valence-electron chi connectivity index (χ1n) is 5.23. The summed E-state index contributed by atoms with van der Waals surface area (Å²) in [4.78, 5) is 0. The highest BCUT2D eigenvalue weighted by Gasteiger charge is 2.29. The molecule has 0 amide bonds. The Morgan fingerprint density at radius 1 is 1.31 bits per heavy atom. The van der Waals surface area contributed by atoms with Gasteiger partial charge in [0.15, 0.2) is 0 Å². The van der Waals surface area contributed by atoms with Crippen LogP contribution in [0.4, 0.5) is 0 Å². The van der Waals surface area contributed by atoms with E-state index >= 15 is 0 Å². The zero-order valence-electron chi connectivity index (χ0n) is 7.95. The second-order valence-electron chi connectivity index (χ2n) is 4.09. The van der Waals surface area contributed by atoms with Gasteiger partial charge in [-0.25, -0.2) is 0 Å². The largest absolute Gasteiger partial charge is 0.392 e. The first kappa shape index (κ1) is 9.81. The summed E-state index contributed by atoms with van der Waals surface area (Å²) in [6, 6.07) is 0.